The highest BCUT2D eigenvalue weighted by Crippen LogP contribution is 2.04. The molecule has 1 aromatic carbocycles. The molecular formula is C12H14O3. The Hall–Kier alpha value is -1.61. The Bertz CT molecular complexity index is 330. The van der Waals surface area contributed by atoms with Crippen molar-refractivity contribution in [2.24, 2.45) is 0 Å². The lowest BCUT2D eigenvalue weighted by Gasteiger charge is -2.10. The Balaban J connectivity index is 2.43. The average Bonchev–Trinajstić information content (AvgIpc) is 2.19. The van der Waals surface area contributed by atoms with Crippen LogP contribution < -0.4 is 0 Å². The van der Waals surface area contributed by atoms with Gasteiger partial charge in [-0.25, -0.2) is 4.79 Å². The molecule has 0 aliphatic rings. The Morgan fingerprint density at radius 2 is 2.13 bits per heavy atom. The number of rotatable bonds is 4. The molecule has 0 spiro atoms. The molecule has 0 aromatic heterocycles. The van der Waals surface area contributed by atoms with Crippen molar-refractivity contribution >= 4 is 5.97 Å². The molecule has 15 heavy (non-hydrogen) atoms. The summed E-state index contributed by atoms with van der Waals surface area (Å²) < 4.78 is 4.72. The van der Waals surface area contributed by atoms with Crippen molar-refractivity contribution in [1.29, 1.82) is 0 Å². The molecule has 0 radical (unpaired) electrons. The van der Waals surface area contributed by atoms with Crippen molar-refractivity contribution in [3.63, 3.8) is 0 Å². The van der Waals surface area contributed by atoms with E-state index in [9.17, 15) is 9.90 Å². The van der Waals surface area contributed by atoms with E-state index >= 15 is 0 Å². The summed E-state index contributed by atoms with van der Waals surface area (Å²) in [4.78, 5) is 11.0. The van der Waals surface area contributed by atoms with Gasteiger partial charge in [0.1, 0.15) is 0 Å². The standard InChI is InChI=1S/C12H14O3/c1-2-6-11(13)15-12(14)9-10-7-4-3-5-8-10/h2-8,12,14H,9H2,1H3/b6-2+. The molecule has 0 saturated heterocycles. The smallest absolute Gasteiger partial charge is 0.332 e. The lowest BCUT2D eigenvalue weighted by Crippen LogP contribution is -2.18. The van der Waals surface area contributed by atoms with Gasteiger partial charge in [0.2, 0.25) is 6.29 Å². The third kappa shape index (κ3) is 4.42. The van der Waals surface area contributed by atoms with Gasteiger partial charge in [0.15, 0.2) is 0 Å². The molecule has 3 nitrogen and oxygen atoms in total. The molecule has 0 heterocycles. The lowest BCUT2D eigenvalue weighted by molar-refractivity contribution is -0.161. The molecule has 0 fully saturated rings. The maximum atomic E-state index is 11.0. The van der Waals surface area contributed by atoms with Crippen LogP contribution in [0.2, 0.25) is 0 Å². The SMILES string of the molecule is C/C=C/C(=O)OC(O)Cc1ccccc1. The maximum Gasteiger partial charge on any atom is 0.332 e. The second-order valence-corrected chi connectivity index (χ2v) is 3.08. The Morgan fingerprint density at radius 3 is 2.73 bits per heavy atom. The van der Waals surface area contributed by atoms with E-state index in [1.165, 1.54) is 6.08 Å². The van der Waals surface area contributed by atoms with Gasteiger partial charge in [0.05, 0.1) is 0 Å². The molecular weight excluding hydrogens is 192 g/mol. The predicted octanol–water partition coefficient (Wildman–Crippen LogP) is 1.67. The highest BCUT2D eigenvalue weighted by atomic mass is 16.6. The molecule has 0 aliphatic carbocycles. The van der Waals surface area contributed by atoms with Crippen LogP contribution in [0.1, 0.15) is 12.5 Å². The Labute approximate surface area is 89.0 Å². The number of esters is 1. The summed E-state index contributed by atoms with van der Waals surface area (Å²) in [6.45, 7) is 1.71. The van der Waals surface area contributed by atoms with Crippen LogP contribution in [0.3, 0.4) is 0 Å². The molecule has 3 heteroatoms. The van der Waals surface area contributed by atoms with Crippen LogP contribution in [0.25, 0.3) is 0 Å². The van der Waals surface area contributed by atoms with Crippen molar-refractivity contribution in [2.45, 2.75) is 19.6 Å². The van der Waals surface area contributed by atoms with Crippen molar-refractivity contribution in [3.05, 3.63) is 48.0 Å². The number of hydrogen-bond donors (Lipinski definition) is 1. The van der Waals surface area contributed by atoms with Gasteiger partial charge in [0.25, 0.3) is 0 Å². The topological polar surface area (TPSA) is 46.5 Å². The molecule has 0 saturated carbocycles. The van der Waals surface area contributed by atoms with E-state index in [1.807, 2.05) is 30.3 Å². The minimum atomic E-state index is -1.09. The summed E-state index contributed by atoms with van der Waals surface area (Å²) in [5, 5.41) is 9.42. The first-order chi connectivity index (χ1) is 7.22. The molecule has 80 valence electrons. The number of allylic oxidation sites excluding steroid dienone is 1. The van der Waals surface area contributed by atoms with E-state index in [1.54, 1.807) is 13.0 Å². The molecule has 1 unspecified atom stereocenters. The van der Waals surface area contributed by atoms with Crippen LogP contribution in [-0.4, -0.2) is 17.4 Å². The summed E-state index contributed by atoms with van der Waals surface area (Å²) in [5.41, 5.74) is 0.929. The first kappa shape index (κ1) is 11.5. The zero-order valence-corrected chi connectivity index (χ0v) is 8.59. The normalized spacial score (nSPS) is 12.7. The van der Waals surface area contributed by atoms with Gasteiger partial charge in [-0.3, -0.25) is 0 Å². The average molecular weight is 206 g/mol. The first-order valence-electron chi connectivity index (χ1n) is 4.77. The van der Waals surface area contributed by atoms with E-state index in [0.29, 0.717) is 6.42 Å². The van der Waals surface area contributed by atoms with Gasteiger partial charge in [0, 0.05) is 12.5 Å². The second-order valence-electron chi connectivity index (χ2n) is 3.08. The Kier molecular flexibility index (Phi) is 4.57. The van der Waals surface area contributed by atoms with Gasteiger partial charge in [-0.2, -0.15) is 0 Å². The summed E-state index contributed by atoms with van der Waals surface area (Å²) in [6, 6.07) is 9.37. The highest BCUT2D eigenvalue weighted by Gasteiger charge is 2.08. The molecule has 1 atom stereocenters. The minimum absolute atomic E-state index is 0.310. The quantitative estimate of drug-likeness (QED) is 0.463. The monoisotopic (exact) mass is 206 g/mol. The zero-order valence-electron chi connectivity index (χ0n) is 8.59. The molecule has 0 bridgehead atoms. The number of carbonyl (C=O) groups excluding carboxylic acids is 1. The van der Waals surface area contributed by atoms with Crippen LogP contribution in [0.15, 0.2) is 42.5 Å². The highest BCUT2D eigenvalue weighted by molar-refractivity contribution is 5.81. The molecule has 0 aliphatic heterocycles. The van der Waals surface area contributed by atoms with E-state index in [-0.39, 0.29) is 0 Å². The van der Waals surface area contributed by atoms with E-state index in [0.717, 1.165) is 5.56 Å². The van der Waals surface area contributed by atoms with Crippen LogP contribution in [0, 0.1) is 0 Å². The molecule has 1 aromatic rings. The van der Waals surface area contributed by atoms with Crippen molar-refractivity contribution < 1.29 is 14.6 Å². The molecule has 1 rings (SSSR count). The van der Waals surface area contributed by atoms with Crippen molar-refractivity contribution in [3.8, 4) is 0 Å². The summed E-state index contributed by atoms with van der Waals surface area (Å²) in [5.74, 6) is -0.527. The lowest BCUT2D eigenvalue weighted by atomic mass is 10.1. The fourth-order valence-corrected chi connectivity index (χ4v) is 1.17. The fraction of sp³-hybridized carbons (Fsp3) is 0.250. The predicted molar refractivity (Wildman–Crippen MR) is 57.1 cm³/mol. The minimum Gasteiger partial charge on any atom is -0.432 e. The van der Waals surface area contributed by atoms with Crippen molar-refractivity contribution in [2.75, 3.05) is 0 Å². The maximum absolute atomic E-state index is 11.0. The largest absolute Gasteiger partial charge is 0.432 e. The zero-order chi connectivity index (χ0) is 11.1. The number of ether oxygens (including phenoxy) is 1. The van der Waals surface area contributed by atoms with Gasteiger partial charge in [-0.05, 0) is 12.5 Å². The van der Waals surface area contributed by atoms with Crippen molar-refractivity contribution in [1.82, 2.24) is 0 Å². The number of aliphatic hydroxyl groups is 1. The number of hydrogen-bond acceptors (Lipinski definition) is 3. The van der Waals surface area contributed by atoms with Gasteiger partial charge >= 0.3 is 5.97 Å². The Morgan fingerprint density at radius 1 is 1.47 bits per heavy atom. The van der Waals surface area contributed by atoms with Crippen LogP contribution in [-0.2, 0) is 16.0 Å². The summed E-state index contributed by atoms with van der Waals surface area (Å²) >= 11 is 0. The van der Waals surface area contributed by atoms with E-state index < -0.39 is 12.3 Å². The van der Waals surface area contributed by atoms with Crippen LogP contribution >= 0.6 is 0 Å². The van der Waals surface area contributed by atoms with E-state index in [2.05, 4.69) is 0 Å². The van der Waals surface area contributed by atoms with Gasteiger partial charge < -0.3 is 9.84 Å². The number of benzene rings is 1. The number of aliphatic hydroxyl groups excluding tert-OH is 1. The first-order valence-corrected chi connectivity index (χ1v) is 4.77. The molecule has 0 amide bonds. The third-order valence-corrected chi connectivity index (χ3v) is 1.81. The van der Waals surface area contributed by atoms with Gasteiger partial charge in [-0.15, -0.1) is 0 Å². The van der Waals surface area contributed by atoms with E-state index in [4.69, 9.17) is 4.74 Å². The molecule has 1 N–H and O–H groups in total. The summed E-state index contributed by atoms with van der Waals surface area (Å²) in [6.07, 6.45) is 2.06. The summed E-state index contributed by atoms with van der Waals surface area (Å²) in [7, 11) is 0. The van der Waals surface area contributed by atoms with Crippen LogP contribution in [0.5, 0.6) is 0 Å². The second kappa shape index (κ2) is 5.98. The fourth-order valence-electron chi connectivity index (χ4n) is 1.17. The van der Waals surface area contributed by atoms with Gasteiger partial charge in [-0.1, -0.05) is 36.4 Å². The number of carbonyl (C=O) groups is 1. The van der Waals surface area contributed by atoms with Crippen LogP contribution in [0.4, 0.5) is 0 Å². The third-order valence-electron chi connectivity index (χ3n) is 1.81.